The first-order valence-electron chi connectivity index (χ1n) is 7.50. The molecule has 1 saturated carbocycles. The van der Waals surface area contributed by atoms with Crippen molar-refractivity contribution in [1.29, 1.82) is 0 Å². The summed E-state index contributed by atoms with van der Waals surface area (Å²) in [5, 5.41) is 0. The molecule has 22 heavy (non-hydrogen) atoms. The number of benzene rings is 1. The SMILES string of the molecule is CC(C)=C1C2C=CC1C1C(=O)N(c3ccccc3F)C(=O)C21. The van der Waals surface area contributed by atoms with Crippen LogP contribution in [0.3, 0.4) is 0 Å². The second-order valence-electron chi connectivity index (χ2n) is 6.41. The van der Waals surface area contributed by atoms with E-state index in [-0.39, 0.29) is 41.2 Å². The van der Waals surface area contributed by atoms with E-state index < -0.39 is 5.82 Å². The minimum atomic E-state index is -0.535. The summed E-state index contributed by atoms with van der Waals surface area (Å²) < 4.78 is 14.0. The van der Waals surface area contributed by atoms with Gasteiger partial charge in [-0.3, -0.25) is 9.59 Å². The maximum Gasteiger partial charge on any atom is 0.238 e. The molecular weight excluding hydrogens is 281 g/mol. The lowest BCUT2D eigenvalue weighted by molar-refractivity contribution is -0.123. The van der Waals surface area contributed by atoms with Gasteiger partial charge in [0.2, 0.25) is 11.8 Å². The van der Waals surface area contributed by atoms with Gasteiger partial charge in [0.1, 0.15) is 5.82 Å². The van der Waals surface area contributed by atoms with Gasteiger partial charge in [-0.2, -0.15) is 0 Å². The van der Waals surface area contributed by atoms with Crippen LogP contribution in [-0.4, -0.2) is 11.8 Å². The molecule has 4 heteroatoms. The zero-order chi connectivity index (χ0) is 15.6. The van der Waals surface area contributed by atoms with E-state index in [1.54, 1.807) is 12.1 Å². The highest BCUT2D eigenvalue weighted by atomic mass is 19.1. The summed E-state index contributed by atoms with van der Waals surface area (Å²) in [5.41, 5.74) is 2.45. The number of amides is 2. The van der Waals surface area contributed by atoms with Crippen molar-refractivity contribution in [3.8, 4) is 0 Å². The molecule has 112 valence electrons. The summed E-state index contributed by atoms with van der Waals surface area (Å²) in [4.78, 5) is 26.6. The van der Waals surface area contributed by atoms with E-state index in [4.69, 9.17) is 0 Å². The summed E-state index contributed by atoms with van der Waals surface area (Å²) in [6.45, 7) is 4.04. The van der Waals surface area contributed by atoms with Crippen molar-refractivity contribution in [2.75, 3.05) is 4.90 Å². The predicted octanol–water partition coefficient (Wildman–Crippen LogP) is 3.08. The van der Waals surface area contributed by atoms with Crippen LogP contribution in [0, 0.1) is 29.5 Å². The van der Waals surface area contributed by atoms with Crippen LogP contribution >= 0.6 is 0 Å². The zero-order valence-electron chi connectivity index (χ0n) is 12.4. The standard InChI is InChI=1S/C18H16FNO2/c1-9(2)14-10-7-8-11(14)16-15(10)17(21)20(18(16)22)13-6-4-3-5-12(13)19/h3-8,10-11,15-16H,1-2H3. The third-order valence-electron chi connectivity index (χ3n) is 5.09. The Balaban J connectivity index is 1.80. The number of hydrogen-bond acceptors (Lipinski definition) is 2. The molecular formula is C18H16FNO2. The molecule has 0 N–H and O–H groups in total. The quantitative estimate of drug-likeness (QED) is 0.590. The molecule has 2 fully saturated rings. The molecule has 2 bridgehead atoms. The minimum absolute atomic E-state index is 0.00627. The maximum atomic E-state index is 14.0. The van der Waals surface area contributed by atoms with E-state index in [1.807, 2.05) is 26.0 Å². The van der Waals surface area contributed by atoms with Crippen LogP contribution in [-0.2, 0) is 9.59 Å². The Kier molecular flexibility index (Phi) is 2.68. The van der Waals surface area contributed by atoms with E-state index in [1.165, 1.54) is 23.3 Å². The van der Waals surface area contributed by atoms with Crippen LogP contribution in [0.4, 0.5) is 10.1 Å². The molecule has 1 saturated heterocycles. The second-order valence-corrected chi connectivity index (χ2v) is 6.41. The Bertz CT molecular complexity index is 726. The van der Waals surface area contributed by atoms with Gasteiger partial charge in [0, 0.05) is 11.8 Å². The van der Waals surface area contributed by atoms with Gasteiger partial charge in [-0.05, 0) is 26.0 Å². The highest BCUT2D eigenvalue weighted by Crippen LogP contribution is 2.57. The number of hydrogen-bond donors (Lipinski definition) is 0. The Labute approximate surface area is 128 Å². The lowest BCUT2D eigenvalue weighted by atomic mass is 9.85. The Morgan fingerprint density at radius 1 is 1.00 bits per heavy atom. The average Bonchev–Trinajstić information content (AvgIpc) is 3.11. The fourth-order valence-corrected chi connectivity index (χ4v) is 4.30. The number of nitrogens with zero attached hydrogens (tertiary/aromatic N) is 1. The van der Waals surface area contributed by atoms with Gasteiger partial charge in [-0.25, -0.2) is 9.29 Å². The third kappa shape index (κ3) is 1.50. The minimum Gasteiger partial charge on any atom is -0.274 e. The number of anilines is 1. The van der Waals surface area contributed by atoms with Gasteiger partial charge in [0.05, 0.1) is 17.5 Å². The van der Waals surface area contributed by atoms with E-state index in [9.17, 15) is 14.0 Å². The Hall–Kier alpha value is -2.23. The van der Waals surface area contributed by atoms with E-state index >= 15 is 0 Å². The maximum absolute atomic E-state index is 14.0. The van der Waals surface area contributed by atoms with Crippen LogP contribution in [0.5, 0.6) is 0 Å². The molecule has 2 amide bonds. The second kappa shape index (κ2) is 4.38. The zero-order valence-corrected chi connectivity index (χ0v) is 12.4. The van der Waals surface area contributed by atoms with Crippen molar-refractivity contribution < 1.29 is 14.0 Å². The molecule has 1 aromatic carbocycles. The highest BCUT2D eigenvalue weighted by Gasteiger charge is 2.62. The molecule has 3 nitrogen and oxygen atoms in total. The van der Waals surface area contributed by atoms with E-state index in [0.717, 1.165) is 4.90 Å². The Morgan fingerprint density at radius 3 is 2.05 bits per heavy atom. The van der Waals surface area contributed by atoms with Crippen LogP contribution in [0.2, 0.25) is 0 Å². The van der Waals surface area contributed by atoms with Crippen molar-refractivity contribution in [2.45, 2.75) is 13.8 Å². The topological polar surface area (TPSA) is 37.4 Å². The number of rotatable bonds is 1. The van der Waals surface area contributed by atoms with Gasteiger partial charge in [-0.1, -0.05) is 35.4 Å². The van der Waals surface area contributed by atoms with Crippen molar-refractivity contribution in [1.82, 2.24) is 0 Å². The van der Waals surface area contributed by atoms with Crippen LogP contribution < -0.4 is 4.90 Å². The van der Waals surface area contributed by atoms with Gasteiger partial charge in [0.25, 0.3) is 0 Å². The number of imide groups is 1. The van der Waals surface area contributed by atoms with Crippen molar-refractivity contribution >= 4 is 17.5 Å². The summed E-state index contributed by atoms with van der Waals surface area (Å²) in [5.74, 6) is -1.82. The van der Waals surface area contributed by atoms with Gasteiger partial charge in [0.15, 0.2) is 0 Å². The lowest BCUT2D eigenvalue weighted by Crippen LogP contribution is -2.33. The smallest absolute Gasteiger partial charge is 0.238 e. The van der Waals surface area contributed by atoms with Gasteiger partial charge >= 0.3 is 0 Å². The molecule has 3 aliphatic rings. The fraction of sp³-hybridized carbons (Fsp3) is 0.333. The summed E-state index contributed by atoms with van der Waals surface area (Å²) in [6.07, 6.45) is 4.06. The van der Waals surface area contributed by atoms with E-state index in [2.05, 4.69) is 0 Å². The molecule has 1 aliphatic heterocycles. The molecule has 0 radical (unpaired) electrons. The van der Waals surface area contributed by atoms with Crippen molar-refractivity contribution in [3.63, 3.8) is 0 Å². The molecule has 4 atom stereocenters. The first kappa shape index (κ1) is 13.4. The number of carbonyl (C=O) groups is 2. The number of para-hydroxylation sites is 1. The summed E-state index contributed by atoms with van der Waals surface area (Å²) >= 11 is 0. The van der Waals surface area contributed by atoms with Crippen LogP contribution in [0.1, 0.15) is 13.8 Å². The van der Waals surface area contributed by atoms with Crippen LogP contribution in [0.15, 0.2) is 47.6 Å². The number of allylic oxidation sites excluding steroid dienone is 4. The fourth-order valence-electron chi connectivity index (χ4n) is 4.30. The van der Waals surface area contributed by atoms with Crippen molar-refractivity contribution in [3.05, 3.63) is 53.4 Å². The lowest BCUT2D eigenvalue weighted by Gasteiger charge is -2.19. The molecule has 1 heterocycles. The van der Waals surface area contributed by atoms with Crippen molar-refractivity contribution in [2.24, 2.45) is 23.7 Å². The molecule has 0 aromatic heterocycles. The van der Waals surface area contributed by atoms with Gasteiger partial charge in [-0.15, -0.1) is 0 Å². The van der Waals surface area contributed by atoms with E-state index in [0.29, 0.717) is 0 Å². The number of fused-ring (bicyclic) bond motifs is 5. The molecule has 2 aliphatic carbocycles. The Morgan fingerprint density at radius 2 is 1.55 bits per heavy atom. The monoisotopic (exact) mass is 297 g/mol. The largest absolute Gasteiger partial charge is 0.274 e. The first-order valence-corrected chi connectivity index (χ1v) is 7.50. The average molecular weight is 297 g/mol. The number of carbonyl (C=O) groups excluding carboxylic acids is 2. The normalized spacial score (nSPS) is 32.1. The van der Waals surface area contributed by atoms with Crippen LogP contribution in [0.25, 0.3) is 0 Å². The summed E-state index contributed by atoms with van der Waals surface area (Å²) in [7, 11) is 0. The molecule has 1 aromatic rings. The first-order chi connectivity index (χ1) is 10.5. The third-order valence-corrected chi connectivity index (χ3v) is 5.09. The summed E-state index contributed by atoms with van der Waals surface area (Å²) in [6, 6.07) is 5.96. The molecule has 4 unspecified atom stereocenters. The molecule has 4 rings (SSSR count). The molecule has 0 spiro atoms. The predicted molar refractivity (Wildman–Crippen MR) is 80.4 cm³/mol. The van der Waals surface area contributed by atoms with Gasteiger partial charge < -0.3 is 0 Å². The number of halogens is 1. The highest BCUT2D eigenvalue weighted by molar-refractivity contribution is 6.23.